The second-order valence-corrected chi connectivity index (χ2v) is 17.1. The fourth-order valence-electron chi connectivity index (χ4n) is 7.61. The zero-order chi connectivity index (χ0) is 41.7. The number of allylic oxidation sites excluding steroid dienone is 6. The summed E-state index contributed by atoms with van der Waals surface area (Å²) >= 11 is 0. The molecule has 0 aliphatic carbocycles. The maximum absolute atomic E-state index is 12.5. The van der Waals surface area contributed by atoms with Gasteiger partial charge >= 0.3 is 0 Å². The highest BCUT2D eigenvalue weighted by atomic mass is 16.3. The van der Waals surface area contributed by atoms with Gasteiger partial charge < -0.3 is 25.7 Å². The van der Waals surface area contributed by atoms with Gasteiger partial charge in [-0.3, -0.25) is 4.79 Å². The summed E-state index contributed by atoms with van der Waals surface area (Å²) in [7, 11) is 0. The third-order valence-corrected chi connectivity index (χ3v) is 11.6. The molecule has 0 saturated heterocycles. The Hall–Kier alpha value is -1.47. The number of unbranched alkanes of at least 4 members (excludes halogenated alkanes) is 30. The number of hydrogen-bond donors (Lipinski definition) is 5. The van der Waals surface area contributed by atoms with E-state index >= 15 is 0 Å². The van der Waals surface area contributed by atoms with Crippen molar-refractivity contribution in [3.63, 3.8) is 0 Å². The number of nitrogens with one attached hydrogen (secondary N) is 1. The van der Waals surface area contributed by atoms with Crippen LogP contribution in [0.4, 0.5) is 0 Å². The fourth-order valence-corrected chi connectivity index (χ4v) is 7.61. The Kier molecular flexibility index (Phi) is 44.4. The van der Waals surface area contributed by atoms with Crippen LogP contribution < -0.4 is 5.32 Å². The van der Waals surface area contributed by atoms with Crippen molar-refractivity contribution < 1.29 is 25.2 Å². The topological polar surface area (TPSA) is 110 Å². The normalized spacial score (nSPS) is 14.3. The monoisotopic (exact) mass is 804 g/mol. The van der Waals surface area contributed by atoms with Crippen LogP contribution in [0.5, 0.6) is 0 Å². The van der Waals surface area contributed by atoms with Gasteiger partial charge in [-0.25, -0.2) is 0 Å². The summed E-state index contributed by atoms with van der Waals surface area (Å²) in [6.07, 6.45) is 54.7. The quantitative estimate of drug-likeness (QED) is 0.0311. The molecule has 0 fully saturated rings. The van der Waals surface area contributed by atoms with E-state index in [9.17, 15) is 25.2 Å². The molecule has 0 aromatic heterocycles. The maximum atomic E-state index is 12.5. The average molecular weight is 804 g/mol. The molecule has 0 aromatic rings. The molecule has 0 aromatic carbocycles. The average Bonchev–Trinajstić information content (AvgIpc) is 3.22. The van der Waals surface area contributed by atoms with Crippen LogP contribution in [0.2, 0.25) is 0 Å². The van der Waals surface area contributed by atoms with E-state index in [-0.39, 0.29) is 0 Å². The number of aliphatic hydroxyl groups excluding tert-OH is 4. The summed E-state index contributed by atoms with van der Waals surface area (Å²) in [5.41, 5.74) is 0. The molecule has 0 radical (unpaired) electrons. The first-order chi connectivity index (χ1) is 28.0. The first kappa shape index (κ1) is 55.5. The Morgan fingerprint density at radius 1 is 0.421 bits per heavy atom. The lowest BCUT2D eigenvalue weighted by atomic mass is 10.00. The number of carbonyl (C=O) groups is 1. The molecule has 5 N–H and O–H groups in total. The Morgan fingerprint density at radius 2 is 0.737 bits per heavy atom. The van der Waals surface area contributed by atoms with Gasteiger partial charge in [-0.05, 0) is 64.2 Å². The van der Waals surface area contributed by atoms with Crippen molar-refractivity contribution in [2.24, 2.45) is 0 Å². The number of rotatable bonds is 45. The molecule has 336 valence electrons. The predicted octanol–water partition coefficient (Wildman–Crippen LogP) is 13.7. The van der Waals surface area contributed by atoms with Gasteiger partial charge in [-0.2, -0.15) is 0 Å². The number of carbonyl (C=O) groups excluding carboxylic acids is 1. The molecule has 0 bridgehead atoms. The summed E-state index contributed by atoms with van der Waals surface area (Å²) in [5, 5.41) is 43.8. The van der Waals surface area contributed by atoms with E-state index in [1.807, 2.05) is 0 Å². The minimum atomic E-state index is -1.29. The van der Waals surface area contributed by atoms with Gasteiger partial charge in [0.1, 0.15) is 12.2 Å². The molecule has 0 aliphatic heterocycles. The van der Waals surface area contributed by atoms with Crippen molar-refractivity contribution in [1.82, 2.24) is 5.32 Å². The maximum Gasteiger partial charge on any atom is 0.249 e. The first-order valence-corrected chi connectivity index (χ1v) is 24.9. The van der Waals surface area contributed by atoms with E-state index in [1.165, 1.54) is 167 Å². The van der Waals surface area contributed by atoms with Crippen molar-refractivity contribution in [1.29, 1.82) is 0 Å². The van der Waals surface area contributed by atoms with Gasteiger partial charge in [0, 0.05) is 0 Å². The van der Waals surface area contributed by atoms with Crippen molar-refractivity contribution in [3.05, 3.63) is 36.5 Å². The molecule has 0 saturated carbocycles. The molecule has 0 aliphatic rings. The van der Waals surface area contributed by atoms with Crippen LogP contribution in [0.15, 0.2) is 36.5 Å². The summed E-state index contributed by atoms with van der Waals surface area (Å²) in [6, 6.07) is -1.01. The predicted molar refractivity (Wildman–Crippen MR) is 247 cm³/mol. The number of aliphatic hydroxyl groups is 4. The highest BCUT2D eigenvalue weighted by molar-refractivity contribution is 5.80. The van der Waals surface area contributed by atoms with E-state index in [1.54, 1.807) is 0 Å². The van der Waals surface area contributed by atoms with Crippen LogP contribution in [0, 0.1) is 0 Å². The Morgan fingerprint density at radius 3 is 1.11 bits per heavy atom. The van der Waals surface area contributed by atoms with E-state index < -0.39 is 36.9 Å². The lowest BCUT2D eigenvalue weighted by Crippen LogP contribution is -2.53. The molecule has 0 spiro atoms. The molecule has 6 nitrogen and oxygen atoms in total. The van der Waals surface area contributed by atoms with Gasteiger partial charge in [0.15, 0.2) is 0 Å². The summed E-state index contributed by atoms with van der Waals surface area (Å²) in [6.45, 7) is 4.05. The third-order valence-electron chi connectivity index (χ3n) is 11.6. The summed E-state index contributed by atoms with van der Waals surface area (Å²) in [5.74, 6) is -0.597. The SMILES string of the molecule is CCCCCCCCC/C=C/CC/C=C/CC/C=C/CCCC(O)C(O)C(CO)NC(=O)C(O)CCCCCCCCCCCCCCCCCCCCCCC. The van der Waals surface area contributed by atoms with Crippen LogP contribution >= 0.6 is 0 Å². The van der Waals surface area contributed by atoms with E-state index in [0.717, 1.165) is 51.4 Å². The standard InChI is InChI=1S/C51H97NO5/c1-3-5-7-9-11-13-15-17-19-21-23-25-27-29-31-33-35-37-39-41-43-45-49(55)51(57)52-47(46-53)50(56)48(54)44-42-40-38-36-34-32-30-28-26-24-22-20-18-16-14-12-10-8-6-4-2/h20,22,28,30,36,38,47-50,53-56H,3-19,21,23-27,29,31-35,37,39-46H2,1-2H3,(H,52,57)/b22-20+,30-28+,38-36+. The Labute approximate surface area is 354 Å². The third kappa shape index (κ3) is 39.7. The highest BCUT2D eigenvalue weighted by Crippen LogP contribution is 2.16. The van der Waals surface area contributed by atoms with Crippen LogP contribution in [0.1, 0.15) is 251 Å². The van der Waals surface area contributed by atoms with Gasteiger partial charge in [0.2, 0.25) is 5.91 Å². The van der Waals surface area contributed by atoms with Gasteiger partial charge in [-0.1, -0.05) is 224 Å². The minimum Gasteiger partial charge on any atom is -0.394 e. The lowest BCUT2D eigenvalue weighted by molar-refractivity contribution is -0.132. The molecule has 4 atom stereocenters. The van der Waals surface area contributed by atoms with Crippen LogP contribution in [0.3, 0.4) is 0 Å². The van der Waals surface area contributed by atoms with E-state index in [0.29, 0.717) is 19.3 Å². The summed E-state index contributed by atoms with van der Waals surface area (Å²) < 4.78 is 0. The van der Waals surface area contributed by atoms with Crippen LogP contribution in [0.25, 0.3) is 0 Å². The van der Waals surface area contributed by atoms with Crippen molar-refractivity contribution >= 4 is 5.91 Å². The van der Waals surface area contributed by atoms with Gasteiger partial charge in [0.25, 0.3) is 0 Å². The van der Waals surface area contributed by atoms with Gasteiger partial charge in [-0.15, -0.1) is 0 Å². The fraction of sp³-hybridized carbons (Fsp3) is 0.863. The molecule has 0 rings (SSSR count). The molecule has 0 heterocycles. The highest BCUT2D eigenvalue weighted by Gasteiger charge is 2.28. The van der Waals surface area contributed by atoms with Crippen molar-refractivity contribution in [2.45, 2.75) is 276 Å². The molecule has 57 heavy (non-hydrogen) atoms. The Bertz CT molecular complexity index is 904. The first-order valence-electron chi connectivity index (χ1n) is 24.9. The molecular weight excluding hydrogens is 707 g/mol. The van der Waals surface area contributed by atoms with Crippen LogP contribution in [-0.4, -0.2) is 57.3 Å². The van der Waals surface area contributed by atoms with E-state index in [2.05, 4.69) is 55.6 Å². The number of hydrogen-bond acceptors (Lipinski definition) is 5. The second kappa shape index (κ2) is 45.6. The second-order valence-electron chi connectivity index (χ2n) is 17.1. The molecule has 4 unspecified atom stereocenters. The Balaban J connectivity index is 3.75. The van der Waals surface area contributed by atoms with E-state index in [4.69, 9.17) is 0 Å². The van der Waals surface area contributed by atoms with Crippen molar-refractivity contribution in [2.75, 3.05) is 6.61 Å². The molecule has 6 heteroatoms. The molecule has 1 amide bonds. The zero-order valence-electron chi connectivity index (χ0n) is 37.8. The minimum absolute atomic E-state index is 0.362. The van der Waals surface area contributed by atoms with Gasteiger partial charge in [0.05, 0.1) is 18.8 Å². The number of amides is 1. The smallest absolute Gasteiger partial charge is 0.249 e. The zero-order valence-corrected chi connectivity index (χ0v) is 37.8. The summed E-state index contributed by atoms with van der Waals surface area (Å²) in [4.78, 5) is 12.5. The largest absolute Gasteiger partial charge is 0.394 e. The van der Waals surface area contributed by atoms with Crippen molar-refractivity contribution in [3.8, 4) is 0 Å². The lowest BCUT2D eigenvalue weighted by Gasteiger charge is -2.27. The van der Waals surface area contributed by atoms with Crippen LogP contribution in [-0.2, 0) is 4.79 Å². The molecular formula is C51H97NO5.